The van der Waals surface area contributed by atoms with Gasteiger partial charge >= 0.3 is 0 Å². The van der Waals surface area contributed by atoms with Gasteiger partial charge in [0.25, 0.3) is 17.7 Å². The van der Waals surface area contributed by atoms with Crippen molar-refractivity contribution in [1.82, 2.24) is 4.90 Å². The van der Waals surface area contributed by atoms with E-state index in [0.29, 0.717) is 4.90 Å². The van der Waals surface area contributed by atoms with Crippen molar-refractivity contribution < 1.29 is 14.4 Å². The molecule has 0 unspecified atom stereocenters. The van der Waals surface area contributed by atoms with E-state index < -0.39 is 23.3 Å². The molecule has 0 radical (unpaired) electrons. The molecule has 4 N–H and O–H groups in total. The van der Waals surface area contributed by atoms with Crippen molar-refractivity contribution in [2.45, 2.75) is 19.4 Å². The lowest BCUT2D eigenvalue weighted by Gasteiger charge is -2.22. The summed E-state index contributed by atoms with van der Waals surface area (Å²) in [7, 11) is 0. The lowest BCUT2D eigenvalue weighted by molar-refractivity contribution is -0.130. The predicted molar refractivity (Wildman–Crippen MR) is 64.6 cm³/mol. The lowest BCUT2D eigenvalue weighted by atomic mass is 10.1. The lowest BCUT2D eigenvalue weighted by Crippen LogP contribution is -2.53. The largest absolute Gasteiger partial charge is 0.398 e. The van der Waals surface area contributed by atoms with Crippen LogP contribution in [0.15, 0.2) is 18.2 Å². The molecule has 0 aromatic heterocycles. The van der Waals surface area contributed by atoms with Gasteiger partial charge in [0.1, 0.15) is 0 Å². The molecule has 0 saturated carbocycles. The van der Waals surface area contributed by atoms with Crippen LogP contribution in [0.25, 0.3) is 0 Å². The molecular formula is C12H13N3O3. The normalized spacial score (nSPS) is 14.9. The fourth-order valence-electron chi connectivity index (χ4n) is 1.78. The Morgan fingerprint density at radius 1 is 1.22 bits per heavy atom. The first-order chi connectivity index (χ1) is 8.25. The van der Waals surface area contributed by atoms with Crippen molar-refractivity contribution in [3.05, 3.63) is 29.3 Å². The number of fused-ring (bicyclic) bond motifs is 1. The van der Waals surface area contributed by atoms with Crippen LogP contribution in [0.1, 0.15) is 34.6 Å². The van der Waals surface area contributed by atoms with Crippen LogP contribution in [0.2, 0.25) is 0 Å². The second-order valence-corrected chi connectivity index (χ2v) is 4.74. The molecule has 1 aromatic rings. The van der Waals surface area contributed by atoms with E-state index in [-0.39, 0.29) is 16.8 Å². The van der Waals surface area contributed by atoms with Gasteiger partial charge in [-0.3, -0.25) is 14.4 Å². The van der Waals surface area contributed by atoms with Crippen LogP contribution >= 0.6 is 0 Å². The van der Waals surface area contributed by atoms with Crippen molar-refractivity contribution in [1.29, 1.82) is 0 Å². The van der Waals surface area contributed by atoms with Gasteiger partial charge in [0.05, 0.1) is 16.7 Å². The Balaban J connectivity index is 2.54. The summed E-state index contributed by atoms with van der Waals surface area (Å²) < 4.78 is 0. The number of nitrogen functional groups attached to an aromatic ring is 1. The molecule has 0 fully saturated rings. The number of benzene rings is 1. The Kier molecular flexibility index (Phi) is 2.48. The monoisotopic (exact) mass is 247 g/mol. The third kappa shape index (κ3) is 1.58. The van der Waals surface area contributed by atoms with Crippen LogP contribution in [0.5, 0.6) is 0 Å². The van der Waals surface area contributed by atoms with Crippen LogP contribution in [0, 0.1) is 0 Å². The van der Waals surface area contributed by atoms with Crippen LogP contribution < -0.4 is 11.5 Å². The minimum Gasteiger partial charge on any atom is -0.398 e. The molecular weight excluding hydrogens is 234 g/mol. The predicted octanol–water partition coefficient (Wildman–Crippen LogP) is 0.129. The molecule has 3 amide bonds. The van der Waals surface area contributed by atoms with Gasteiger partial charge in [0.2, 0.25) is 0 Å². The van der Waals surface area contributed by atoms with E-state index in [1.165, 1.54) is 26.0 Å². The minimum absolute atomic E-state index is 0.0695. The second-order valence-electron chi connectivity index (χ2n) is 4.74. The Morgan fingerprint density at radius 2 is 1.83 bits per heavy atom. The van der Waals surface area contributed by atoms with E-state index >= 15 is 0 Å². The Labute approximate surface area is 104 Å². The third-order valence-corrected chi connectivity index (χ3v) is 2.70. The molecule has 6 heteroatoms. The third-order valence-electron chi connectivity index (χ3n) is 2.70. The molecule has 0 spiro atoms. The van der Waals surface area contributed by atoms with Crippen molar-refractivity contribution in [2.24, 2.45) is 5.73 Å². The number of imide groups is 3. The van der Waals surface area contributed by atoms with E-state index in [2.05, 4.69) is 0 Å². The quantitative estimate of drug-likeness (QED) is 0.542. The number of hydrogen-bond acceptors (Lipinski definition) is 5. The van der Waals surface area contributed by atoms with E-state index in [1.54, 1.807) is 6.07 Å². The summed E-state index contributed by atoms with van der Waals surface area (Å²) in [5.41, 5.74) is 10.4. The zero-order valence-corrected chi connectivity index (χ0v) is 10.1. The highest BCUT2D eigenvalue weighted by molar-refractivity contribution is 6.31. The smallest absolute Gasteiger partial charge is 0.270 e. The van der Waals surface area contributed by atoms with Gasteiger partial charge in [-0.25, -0.2) is 4.90 Å². The highest BCUT2D eigenvalue weighted by Gasteiger charge is 2.44. The van der Waals surface area contributed by atoms with Gasteiger partial charge in [0, 0.05) is 5.69 Å². The Bertz CT molecular complexity index is 572. The summed E-state index contributed by atoms with van der Waals surface area (Å²) in [6, 6.07) is 4.52. The summed E-state index contributed by atoms with van der Waals surface area (Å²) in [5.74, 6) is -2.13. The molecule has 0 aliphatic carbocycles. The van der Waals surface area contributed by atoms with Crippen LogP contribution in [0.4, 0.5) is 5.69 Å². The first kappa shape index (κ1) is 12.3. The number of carbonyl (C=O) groups excluding carboxylic acids is 3. The number of rotatable bonds is 1. The molecule has 18 heavy (non-hydrogen) atoms. The number of anilines is 1. The number of amides is 3. The van der Waals surface area contributed by atoms with Gasteiger partial charge in [-0.05, 0) is 26.0 Å². The summed E-state index contributed by atoms with van der Waals surface area (Å²) in [6.45, 7) is 2.87. The van der Waals surface area contributed by atoms with Gasteiger partial charge in [0.15, 0.2) is 0 Å². The second kappa shape index (κ2) is 3.64. The molecule has 0 saturated heterocycles. The van der Waals surface area contributed by atoms with Crippen molar-refractivity contribution in [3.63, 3.8) is 0 Å². The molecule has 0 atom stereocenters. The first-order valence-corrected chi connectivity index (χ1v) is 5.35. The number of hydrogen-bond donors (Lipinski definition) is 2. The molecule has 1 heterocycles. The molecule has 1 aliphatic heterocycles. The first-order valence-electron chi connectivity index (χ1n) is 5.35. The zero-order valence-electron chi connectivity index (χ0n) is 10.1. The molecule has 2 rings (SSSR count). The van der Waals surface area contributed by atoms with Crippen LogP contribution in [-0.2, 0) is 4.79 Å². The summed E-state index contributed by atoms with van der Waals surface area (Å²) in [5, 5.41) is 0. The van der Waals surface area contributed by atoms with Crippen molar-refractivity contribution in [3.8, 4) is 0 Å². The minimum atomic E-state index is -1.30. The number of carbonyl (C=O) groups is 3. The van der Waals surface area contributed by atoms with E-state index in [0.717, 1.165) is 0 Å². The van der Waals surface area contributed by atoms with E-state index in [4.69, 9.17) is 11.5 Å². The van der Waals surface area contributed by atoms with Crippen molar-refractivity contribution >= 4 is 23.4 Å². The van der Waals surface area contributed by atoms with Gasteiger partial charge in [-0.15, -0.1) is 0 Å². The Hall–Kier alpha value is -2.21. The molecule has 0 bridgehead atoms. The fraction of sp³-hybridized carbons (Fsp3) is 0.250. The fourth-order valence-corrected chi connectivity index (χ4v) is 1.78. The van der Waals surface area contributed by atoms with Gasteiger partial charge in [-0.2, -0.15) is 0 Å². The summed E-state index contributed by atoms with van der Waals surface area (Å²) in [4.78, 5) is 36.6. The molecule has 1 aliphatic rings. The number of nitrogens with two attached hydrogens (primary N) is 2. The highest BCUT2D eigenvalue weighted by atomic mass is 16.2. The van der Waals surface area contributed by atoms with Crippen LogP contribution in [-0.4, -0.2) is 28.2 Å². The maximum atomic E-state index is 12.1. The number of nitrogens with zero attached hydrogens (tertiary/aromatic N) is 1. The van der Waals surface area contributed by atoms with Crippen molar-refractivity contribution in [2.75, 3.05) is 5.73 Å². The van der Waals surface area contributed by atoms with Gasteiger partial charge in [-0.1, -0.05) is 6.07 Å². The summed E-state index contributed by atoms with van der Waals surface area (Å²) >= 11 is 0. The SMILES string of the molecule is CC(C)(N)C(=O)N1C(=O)c2cccc(N)c2C1=O. The molecule has 94 valence electrons. The summed E-state index contributed by atoms with van der Waals surface area (Å²) in [6.07, 6.45) is 0. The zero-order chi connectivity index (χ0) is 13.7. The standard InChI is InChI=1S/C12H13N3O3/c1-12(2,14)11(18)15-9(16)6-4-3-5-7(13)8(6)10(15)17/h3-5H,13-14H2,1-2H3. The average molecular weight is 247 g/mol. The maximum Gasteiger partial charge on any atom is 0.270 e. The average Bonchev–Trinajstić information content (AvgIpc) is 2.51. The molecule has 6 nitrogen and oxygen atoms in total. The highest BCUT2D eigenvalue weighted by Crippen LogP contribution is 2.28. The van der Waals surface area contributed by atoms with Gasteiger partial charge < -0.3 is 11.5 Å². The topological polar surface area (TPSA) is 106 Å². The van der Waals surface area contributed by atoms with E-state index in [1.807, 2.05) is 0 Å². The maximum absolute atomic E-state index is 12.1. The van der Waals surface area contributed by atoms with E-state index in [9.17, 15) is 14.4 Å². The molecule has 1 aromatic carbocycles. The van der Waals surface area contributed by atoms with Crippen LogP contribution in [0.3, 0.4) is 0 Å². The Morgan fingerprint density at radius 3 is 2.33 bits per heavy atom.